The SMILES string of the molecule is O=C(CNCC(F)(F)F)Cc1ccco1. The van der Waals surface area contributed by atoms with Crippen LogP contribution in [-0.2, 0) is 11.2 Å². The molecule has 1 aromatic heterocycles. The standard InChI is InChI=1S/C9H10F3NO2/c10-9(11,12)6-13-5-7(14)4-8-2-1-3-15-8/h1-3,13H,4-6H2. The highest BCUT2D eigenvalue weighted by Gasteiger charge is 2.26. The van der Waals surface area contributed by atoms with Crippen molar-refractivity contribution in [2.45, 2.75) is 12.6 Å². The van der Waals surface area contributed by atoms with Crippen LogP contribution in [0.15, 0.2) is 22.8 Å². The molecule has 0 fully saturated rings. The lowest BCUT2D eigenvalue weighted by molar-refractivity contribution is -0.127. The molecule has 0 saturated heterocycles. The van der Waals surface area contributed by atoms with Gasteiger partial charge in [0.15, 0.2) is 5.78 Å². The summed E-state index contributed by atoms with van der Waals surface area (Å²) in [4.78, 5) is 11.1. The maximum atomic E-state index is 11.7. The molecule has 0 amide bonds. The van der Waals surface area contributed by atoms with Gasteiger partial charge in [-0.15, -0.1) is 0 Å². The van der Waals surface area contributed by atoms with E-state index in [0.29, 0.717) is 5.76 Å². The first-order valence-electron chi connectivity index (χ1n) is 4.29. The molecule has 0 aliphatic rings. The van der Waals surface area contributed by atoms with Crippen LogP contribution in [0.3, 0.4) is 0 Å². The van der Waals surface area contributed by atoms with Crippen LogP contribution >= 0.6 is 0 Å². The summed E-state index contributed by atoms with van der Waals surface area (Å²) in [5, 5.41) is 2.02. The van der Waals surface area contributed by atoms with E-state index in [4.69, 9.17) is 4.42 Å². The Morgan fingerprint density at radius 1 is 1.47 bits per heavy atom. The summed E-state index contributed by atoms with van der Waals surface area (Å²) in [5.74, 6) is 0.114. The lowest BCUT2D eigenvalue weighted by Gasteiger charge is -2.06. The van der Waals surface area contributed by atoms with Crippen LogP contribution in [0.1, 0.15) is 5.76 Å². The van der Waals surface area contributed by atoms with Gasteiger partial charge in [-0.25, -0.2) is 0 Å². The number of nitrogens with one attached hydrogen (secondary N) is 1. The molecule has 0 aliphatic carbocycles. The molecule has 0 atom stereocenters. The molecule has 3 nitrogen and oxygen atoms in total. The van der Waals surface area contributed by atoms with E-state index in [1.165, 1.54) is 6.26 Å². The molecule has 0 spiro atoms. The average molecular weight is 221 g/mol. The van der Waals surface area contributed by atoms with E-state index in [2.05, 4.69) is 0 Å². The van der Waals surface area contributed by atoms with Gasteiger partial charge in [-0.2, -0.15) is 13.2 Å². The van der Waals surface area contributed by atoms with Crippen molar-refractivity contribution in [1.29, 1.82) is 0 Å². The maximum Gasteiger partial charge on any atom is 0.401 e. The predicted molar refractivity (Wildman–Crippen MR) is 46.3 cm³/mol. The van der Waals surface area contributed by atoms with Crippen LogP contribution in [0.2, 0.25) is 0 Å². The second-order valence-electron chi connectivity index (χ2n) is 3.01. The fourth-order valence-electron chi connectivity index (χ4n) is 1.01. The number of ketones is 1. The fourth-order valence-corrected chi connectivity index (χ4v) is 1.01. The van der Waals surface area contributed by atoms with E-state index in [0.717, 1.165) is 0 Å². The van der Waals surface area contributed by atoms with E-state index in [1.54, 1.807) is 12.1 Å². The summed E-state index contributed by atoms with van der Waals surface area (Å²) >= 11 is 0. The van der Waals surface area contributed by atoms with E-state index in [9.17, 15) is 18.0 Å². The Kier molecular flexibility index (Phi) is 3.90. The zero-order valence-corrected chi connectivity index (χ0v) is 7.80. The van der Waals surface area contributed by atoms with E-state index in [-0.39, 0.29) is 18.7 Å². The highest BCUT2D eigenvalue weighted by Crippen LogP contribution is 2.11. The predicted octanol–water partition coefficient (Wildman–Crippen LogP) is 1.54. The van der Waals surface area contributed by atoms with Crippen molar-refractivity contribution in [2.24, 2.45) is 0 Å². The zero-order valence-electron chi connectivity index (χ0n) is 7.80. The summed E-state index contributed by atoms with van der Waals surface area (Å²) in [5.41, 5.74) is 0. The molecule has 0 radical (unpaired) electrons. The molecule has 0 aliphatic heterocycles. The van der Waals surface area contributed by atoms with Crippen LogP contribution in [0.4, 0.5) is 13.2 Å². The topological polar surface area (TPSA) is 42.2 Å². The lowest BCUT2D eigenvalue weighted by Crippen LogP contribution is -2.33. The van der Waals surface area contributed by atoms with E-state index < -0.39 is 12.7 Å². The summed E-state index contributed by atoms with van der Waals surface area (Å²) < 4.78 is 40.0. The van der Waals surface area contributed by atoms with Gasteiger partial charge in [0.1, 0.15) is 5.76 Å². The second-order valence-corrected chi connectivity index (χ2v) is 3.01. The van der Waals surface area contributed by atoms with Crippen LogP contribution in [-0.4, -0.2) is 25.0 Å². The van der Waals surface area contributed by atoms with Gasteiger partial charge in [0.2, 0.25) is 0 Å². The first-order valence-corrected chi connectivity index (χ1v) is 4.29. The minimum absolute atomic E-state index is 0.0118. The van der Waals surface area contributed by atoms with Gasteiger partial charge >= 0.3 is 6.18 Å². The third kappa shape index (κ3) is 5.21. The van der Waals surface area contributed by atoms with Crippen molar-refractivity contribution in [3.8, 4) is 0 Å². The minimum Gasteiger partial charge on any atom is -0.469 e. The molecule has 0 unspecified atom stereocenters. The number of hydrogen-bond acceptors (Lipinski definition) is 3. The number of hydrogen-bond donors (Lipinski definition) is 1. The molecule has 84 valence electrons. The largest absolute Gasteiger partial charge is 0.469 e. The monoisotopic (exact) mass is 221 g/mol. The Hall–Kier alpha value is -1.30. The Morgan fingerprint density at radius 2 is 2.20 bits per heavy atom. The van der Waals surface area contributed by atoms with E-state index in [1.807, 2.05) is 5.32 Å². The molecule has 15 heavy (non-hydrogen) atoms. The quantitative estimate of drug-likeness (QED) is 0.820. The van der Waals surface area contributed by atoms with Crippen molar-refractivity contribution >= 4 is 5.78 Å². The molecule has 1 heterocycles. The number of Topliss-reactive ketones (excluding diaryl/α,β-unsaturated/α-hetero) is 1. The average Bonchev–Trinajstić information content (AvgIpc) is 2.54. The van der Waals surface area contributed by atoms with Crippen LogP contribution in [0.25, 0.3) is 0 Å². The van der Waals surface area contributed by atoms with Gasteiger partial charge in [0.05, 0.1) is 25.8 Å². The van der Waals surface area contributed by atoms with Crippen molar-refractivity contribution in [2.75, 3.05) is 13.1 Å². The number of carbonyl (C=O) groups excluding carboxylic acids is 1. The van der Waals surface area contributed by atoms with Crippen molar-refractivity contribution < 1.29 is 22.4 Å². The Balaban J connectivity index is 2.20. The molecule has 0 aromatic carbocycles. The smallest absolute Gasteiger partial charge is 0.401 e. The van der Waals surface area contributed by atoms with Crippen LogP contribution < -0.4 is 5.32 Å². The zero-order chi connectivity index (χ0) is 11.3. The molecule has 1 N–H and O–H groups in total. The third-order valence-electron chi connectivity index (χ3n) is 1.60. The summed E-state index contributed by atoms with van der Waals surface area (Å²) in [6.07, 6.45) is -2.87. The molecule has 1 aromatic rings. The van der Waals surface area contributed by atoms with Crippen LogP contribution in [0, 0.1) is 0 Å². The van der Waals surface area contributed by atoms with Gasteiger partial charge in [-0.05, 0) is 12.1 Å². The highest BCUT2D eigenvalue weighted by molar-refractivity contribution is 5.82. The Bertz CT molecular complexity index is 306. The minimum atomic E-state index is -4.29. The molecule has 0 bridgehead atoms. The van der Waals surface area contributed by atoms with Gasteiger partial charge < -0.3 is 9.73 Å². The van der Waals surface area contributed by atoms with Gasteiger partial charge in [0.25, 0.3) is 0 Å². The molecular weight excluding hydrogens is 211 g/mol. The number of rotatable bonds is 5. The number of furan rings is 1. The van der Waals surface area contributed by atoms with Gasteiger partial charge in [0, 0.05) is 0 Å². The first-order chi connectivity index (χ1) is 6.97. The summed E-state index contributed by atoms with van der Waals surface area (Å²) in [6, 6.07) is 3.22. The van der Waals surface area contributed by atoms with Gasteiger partial charge in [-0.3, -0.25) is 4.79 Å². The molecule has 0 saturated carbocycles. The first kappa shape index (κ1) is 11.8. The summed E-state index contributed by atoms with van der Waals surface area (Å²) in [7, 11) is 0. The Labute approximate surface area is 84.3 Å². The van der Waals surface area contributed by atoms with Crippen LogP contribution in [0.5, 0.6) is 0 Å². The van der Waals surface area contributed by atoms with Crippen molar-refractivity contribution in [3.05, 3.63) is 24.2 Å². The summed E-state index contributed by atoms with van der Waals surface area (Å²) in [6.45, 7) is -1.46. The Morgan fingerprint density at radius 3 is 2.73 bits per heavy atom. The number of halogens is 3. The third-order valence-corrected chi connectivity index (χ3v) is 1.60. The second kappa shape index (κ2) is 4.97. The van der Waals surface area contributed by atoms with Gasteiger partial charge in [-0.1, -0.05) is 0 Å². The highest BCUT2D eigenvalue weighted by atomic mass is 19.4. The molecular formula is C9H10F3NO2. The van der Waals surface area contributed by atoms with Crippen molar-refractivity contribution in [1.82, 2.24) is 5.32 Å². The van der Waals surface area contributed by atoms with Crippen molar-refractivity contribution in [3.63, 3.8) is 0 Å². The maximum absolute atomic E-state index is 11.7. The molecule has 1 rings (SSSR count). The lowest BCUT2D eigenvalue weighted by atomic mass is 10.2. The number of alkyl halides is 3. The molecule has 6 heteroatoms. The number of carbonyl (C=O) groups is 1. The fraction of sp³-hybridized carbons (Fsp3) is 0.444. The van der Waals surface area contributed by atoms with E-state index >= 15 is 0 Å². The normalized spacial score (nSPS) is 11.7.